The highest BCUT2D eigenvalue weighted by atomic mass is 32.1. The Morgan fingerprint density at radius 1 is 1.52 bits per heavy atom. The first-order chi connectivity index (χ1) is 10.1. The summed E-state index contributed by atoms with van der Waals surface area (Å²) in [7, 11) is 0. The number of carboxylic acids is 1. The Bertz CT molecular complexity index is 669. The minimum atomic E-state index is -0.946. The summed E-state index contributed by atoms with van der Waals surface area (Å²) in [5.74, 6) is -0.438. The van der Waals surface area contributed by atoms with Crippen LogP contribution in [-0.4, -0.2) is 33.5 Å². The molecule has 0 unspecified atom stereocenters. The molecular formula is C15H16N2O3S. The summed E-state index contributed by atoms with van der Waals surface area (Å²) in [6, 6.07) is 5.29. The van der Waals surface area contributed by atoms with Gasteiger partial charge in [-0.25, -0.2) is 9.17 Å². The molecule has 1 N–H and O–H groups in total. The monoisotopic (exact) mass is 304 g/mol. The van der Waals surface area contributed by atoms with Crippen LogP contribution < -0.4 is 4.74 Å². The molecule has 3 rings (SSSR count). The first kappa shape index (κ1) is 14.0. The van der Waals surface area contributed by atoms with Gasteiger partial charge in [0.25, 0.3) is 0 Å². The average molecular weight is 304 g/mol. The van der Waals surface area contributed by atoms with E-state index in [9.17, 15) is 9.90 Å². The Morgan fingerprint density at radius 3 is 3.10 bits per heavy atom. The molecule has 0 radical (unpaired) electrons. The smallest absolute Gasteiger partial charge is 0.339 e. The Hall–Kier alpha value is -1.92. The van der Waals surface area contributed by atoms with Gasteiger partial charge in [0.15, 0.2) is 0 Å². The van der Waals surface area contributed by atoms with Gasteiger partial charge in [-0.2, -0.15) is 0 Å². The molecule has 6 heteroatoms. The van der Waals surface area contributed by atoms with Gasteiger partial charge in [0.2, 0.25) is 0 Å². The lowest BCUT2D eigenvalue weighted by Crippen LogP contribution is -2.25. The van der Waals surface area contributed by atoms with Gasteiger partial charge < -0.3 is 9.84 Å². The van der Waals surface area contributed by atoms with Crippen LogP contribution in [0.2, 0.25) is 0 Å². The van der Waals surface area contributed by atoms with E-state index in [-0.39, 0.29) is 5.56 Å². The third-order valence-corrected chi connectivity index (χ3v) is 4.47. The van der Waals surface area contributed by atoms with Crippen LogP contribution in [0.3, 0.4) is 0 Å². The first-order valence-corrected chi connectivity index (χ1v) is 7.53. The second kappa shape index (κ2) is 5.83. The van der Waals surface area contributed by atoms with E-state index in [1.54, 1.807) is 12.1 Å². The lowest BCUT2D eigenvalue weighted by Gasteiger charge is -2.18. The van der Waals surface area contributed by atoms with Crippen LogP contribution in [-0.2, 0) is 13.1 Å². The van der Waals surface area contributed by atoms with Crippen molar-refractivity contribution in [2.24, 2.45) is 0 Å². The van der Waals surface area contributed by atoms with E-state index in [1.165, 1.54) is 22.0 Å². The summed E-state index contributed by atoms with van der Waals surface area (Å²) in [5, 5.41) is 9.24. The molecule has 2 aromatic rings. The van der Waals surface area contributed by atoms with Gasteiger partial charge in [-0.1, -0.05) is 12.1 Å². The summed E-state index contributed by atoms with van der Waals surface area (Å²) < 4.78 is 9.88. The zero-order valence-electron chi connectivity index (χ0n) is 11.7. The van der Waals surface area contributed by atoms with Gasteiger partial charge in [0, 0.05) is 36.3 Å². The second-order valence-corrected chi connectivity index (χ2v) is 5.98. The Morgan fingerprint density at radius 2 is 2.38 bits per heavy atom. The molecule has 5 nitrogen and oxygen atoms in total. The molecule has 0 bridgehead atoms. The number of hydrogen-bond acceptors (Lipinski definition) is 5. The number of para-hydroxylation sites is 1. The number of benzene rings is 1. The van der Waals surface area contributed by atoms with Crippen LogP contribution in [0, 0.1) is 6.92 Å². The van der Waals surface area contributed by atoms with Gasteiger partial charge in [-0.3, -0.25) is 4.90 Å². The number of carboxylic acid groups (broad SMARTS) is 1. The quantitative estimate of drug-likeness (QED) is 0.944. The summed E-state index contributed by atoms with van der Waals surface area (Å²) >= 11 is 1.51. The molecule has 1 aromatic carbocycles. The molecule has 0 fully saturated rings. The van der Waals surface area contributed by atoms with Crippen molar-refractivity contribution in [2.75, 3.05) is 13.2 Å². The van der Waals surface area contributed by atoms with E-state index in [0.717, 1.165) is 18.7 Å². The van der Waals surface area contributed by atoms with Gasteiger partial charge in [0.1, 0.15) is 17.9 Å². The maximum absolute atomic E-state index is 11.3. The third-order valence-electron chi connectivity index (χ3n) is 3.59. The van der Waals surface area contributed by atoms with Crippen LogP contribution in [0.5, 0.6) is 5.75 Å². The number of aryl methyl sites for hydroxylation is 1. The molecule has 0 saturated carbocycles. The van der Waals surface area contributed by atoms with Gasteiger partial charge in [-0.15, -0.1) is 0 Å². The van der Waals surface area contributed by atoms with Gasteiger partial charge in [-0.05, 0) is 30.1 Å². The van der Waals surface area contributed by atoms with E-state index in [2.05, 4.69) is 16.2 Å². The standard InChI is InChI=1S/C15H16N2O3S/c1-10-7-16-21-13(10)9-17-5-6-20-14-11(8-17)3-2-4-12(14)15(18)19/h2-4,7H,5-6,8-9H2,1H3,(H,18,19). The average Bonchev–Trinajstić information content (AvgIpc) is 2.73. The van der Waals surface area contributed by atoms with E-state index >= 15 is 0 Å². The molecule has 1 aromatic heterocycles. The number of rotatable bonds is 3. The van der Waals surface area contributed by atoms with E-state index in [0.29, 0.717) is 18.9 Å². The van der Waals surface area contributed by atoms with E-state index in [1.807, 2.05) is 12.3 Å². The minimum Gasteiger partial charge on any atom is -0.491 e. The van der Waals surface area contributed by atoms with E-state index in [4.69, 9.17) is 4.74 Å². The summed E-state index contributed by atoms with van der Waals surface area (Å²) in [6.07, 6.45) is 1.88. The van der Waals surface area contributed by atoms with Crippen molar-refractivity contribution in [1.29, 1.82) is 0 Å². The molecule has 21 heavy (non-hydrogen) atoms. The van der Waals surface area contributed by atoms with Crippen molar-refractivity contribution < 1.29 is 14.6 Å². The minimum absolute atomic E-state index is 0.239. The lowest BCUT2D eigenvalue weighted by atomic mass is 10.1. The maximum atomic E-state index is 11.3. The maximum Gasteiger partial charge on any atom is 0.339 e. The third kappa shape index (κ3) is 2.91. The molecule has 1 aliphatic rings. The molecule has 1 aliphatic heterocycles. The number of hydrogen-bond donors (Lipinski definition) is 1. The zero-order valence-corrected chi connectivity index (χ0v) is 12.5. The van der Waals surface area contributed by atoms with Crippen molar-refractivity contribution in [3.63, 3.8) is 0 Å². The topological polar surface area (TPSA) is 62.7 Å². The molecule has 0 saturated heterocycles. The van der Waals surface area contributed by atoms with Crippen LogP contribution in [0.25, 0.3) is 0 Å². The van der Waals surface area contributed by atoms with Gasteiger partial charge >= 0.3 is 5.97 Å². The Balaban J connectivity index is 1.85. The normalized spacial score (nSPS) is 15.1. The van der Waals surface area contributed by atoms with Crippen molar-refractivity contribution in [2.45, 2.75) is 20.0 Å². The number of carbonyl (C=O) groups is 1. The molecule has 0 aliphatic carbocycles. The molecule has 0 atom stereocenters. The van der Waals surface area contributed by atoms with Crippen LogP contribution in [0.4, 0.5) is 0 Å². The summed E-state index contributed by atoms with van der Waals surface area (Å²) in [4.78, 5) is 14.8. The summed E-state index contributed by atoms with van der Waals surface area (Å²) in [5.41, 5.74) is 2.36. The highest BCUT2D eigenvalue weighted by Gasteiger charge is 2.21. The highest BCUT2D eigenvalue weighted by Crippen LogP contribution is 2.28. The molecule has 2 heterocycles. The SMILES string of the molecule is Cc1cnsc1CN1CCOc2c(cccc2C(=O)O)C1. The predicted molar refractivity (Wildman–Crippen MR) is 79.9 cm³/mol. The number of aromatic nitrogens is 1. The molecule has 110 valence electrons. The fraction of sp³-hybridized carbons (Fsp3) is 0.333. The van der Waals surface area contributed by atoms with Crippen molar-refractivity contribution in [3.8, 4) is 5.75 Å². The van der Waals surface area contributed by atoms with Crippen molar-refractivity contribution in [3.05, 3.63) is 46.0 Å². The van der Waals surface area contributed by atoms with Gasteiger partial charge in [0.05, 0.1) is 0 Å². The Kier molecular flexibility index (Phi) is 3.90. The Labute approximate surface area is 127 Å². The largest absolute Gasteiger partial charge is 0.491 e. The fourth-order valence-electron chi connectivity index (χ4n) is 2.45. The van der Waals surface area contributed by atoms with E-state index < -0.39 is 5.97 Å². The summed E-state index contributed by atoms with van der Waals surface area (Å²) in [6.45, 7) is 4.83. The number of fused-ring (bicyclic) bond motifs is 1. The van der Waals surface area contributed by atoms with Crippen molar-refractivity contribution >= 4 is 17.5 Å². The van der Waals surface area contributed by atoms with Crippen LogP contribution in [0.15, 0.2) is 24.4 Å². The highest BCUT2D eigenvalue weighted by molar-refractivity contribution is 7.05. The van der Waals surface area contributed by atoms with Crippen LogP contribution in [0.1, 0.15) is 26.4 Å². The van der Waals surface area contributed by atoms with Crippen molar-refractivity contribution in [1.82, 2.24) is 9.27 Å². The second-order valence-electron chi connectivity index (χ2n) is 5.09. The number of ether oxygens (including phenoxy) is 1. The zero-order chi connectivity index (χ0) is 14.8. The molecule has 0 amide bonds. The first-order valence-electron chi connectivity index (χ1n) is 6.75. The molecular weight excluding hydrogens is 288 g/mol. The lowest BCUT2D eigenvalue weighted by molar-refractivity contribution is 0.0692. The predicted octanol–water partition coefficient (Wildman–Crippen LogP) is 2.54. The number of aromatic carboxylic acids is 1. The molecule has 0 spiro atoms. The fourth-order valence-corrected chi connectivity index (χ4v) is 3.22. The van der Waals surface area contributed by atoms with Crippen LogP contribution >= 0.6 is 11.5 Å². The number of nitrogens with zero attached hydrogens (tertiary/aromatic N) is 2.